The van der Waals surface area contributed by atoms with Crippen molar-refractivity contribution in [1.82, 2.24) is 4.98 Å². The van der Waals surface area contributed by atoms with Crippen molar-refractivity contribution in [2.24, 2.45) is 0 Å². The van der Waals surface area contributed by atoms with Crippen LogP contribution in [0, 0.1) is 0 Å². The largest absolute Gasteiger partial charge is 0.465 e. The molecule has 0 radical (unpaired) electrons. The molecule has 1 heterocycles. The Bertz CT molecular complexity index is 626. The Morgan fingerprint density at radius 1 is 1.15 bits per heavy atom. The van der Waals surface area contributed by atoms with Crippen LogP contribution in [0.15, 0.2) is 36.4 Å². The van der Waals surface area contributed by atoms with Gasteiger partial charge >= 0.3 is 5.97 Å². The average molecular weight is 310 g/mol. The second-order valence-electron chi connectivity index (χ2n) is 4.34. The smallest absolute Gasteiger partial charge is 0.337 e. The zero-order chi connectivity index (χ0) is 14.7. The van der Waals surface area contributed by atoms with Gasteiger partial charge in [0.2, 0.25) is 0 Å². The highest BCUT2D eigenvalue weighted by Gasteiger charge is 2.15. The van der Waals surface area contributed by atoms with Crippen molar-refractivity contribution >= 4 is 29.2 Å². The summed E-state index contributed by atoms with van der Waals surface area (Å²) in [4.78, 5) is 15.7. The quantitative estimate of drug-likeness (QED) is 0.626. The Hall–Kier alpha value is -1.58. The molecule has 0 aliphatic rings. The van der Waals surface area contributed by atoms with Crippen molar-refractivity contribution < 1.29 is 9.53 Å². The molecule has 0 aliphatic carbocycles. The molecule has 0 N–H and O–H groups in total. The number of halogens is 2. The van der Waals surface area contributed by atoms with Crippen molar-refractivity contribution in [3.63, 3.8) is 0 Å². The summed E-state index contributed by atoms with van der Waals surface area (Å²) in [5.41, 5.74) is 2.22. The Kier molecular flexibility index (Phi) is 4.63. The highest BCUT2D eigenvalue weighted by atomic mass is 35.5. The summed E-state index contributed by atoms with van der Waals surface area (Å²) >= 11 is 12.1. The lowest BCUT2D eigenvalue weighted by Gasteiger charge is -2.13. The van der Waals surface area contributed by atoms with E-state index in [1.165, 1.54) is 7.11 Å². The second-order valence-corrected chi connectivity index (χ2v) is 5.13. The highest BCUT2D eigenvalue weighted by molar-refractivity contribution is 6.32. The number of carbonyl (C=O) groups is 1. The number of aromatic nitrogens is 1. The van der Waals surface area contributed by atoms with Gasteiger partial charge in [0.25, 0.3) is 0 Å². The van der Waals surface area contributed by atoms with Gasteiger partial charge in [-0.3, -0.25) is 0 Å². The number of ether oxygens (including phenoxy) is 1. The molecule has 1 unspecified atom stereocenters. The van der Waals surface area contributed by atoms with E-state index in [9.17, 15) is 4.79 Å². The molecule has 0 bridgehead atoms. The molecule has 104 valence electrons. The number of rotatable bonds is 3. The summed E-state index contributed by atoms with van der Waals surface area (Å²) in [7, 11) is 1.36. The van der Waals surface area contributed by atoms with E-state index in [4.69, 9.17) is 23.2 Å². The topological polar surface area (TPSA) is 39.2 Å². The minimum Gasteiger partial charge on any atom is -0.465 e. The first-order valence-corrected chi connectivity index (χ1v) is 6.78. The van der Waals surface area contributed by atoms with Gasteiger partial charge in [-0.05, 0) is 29.8 Å². The maximum absolute atomic E-state index is 11.4. The summed E-state index contributed by atoms with van der Waals surface area (Å²) in [5.74, 6) is -0.379. The Morgan fingerprint density at radius 2 is 1.80 bits per heavy atom. The summed E-state index contributed by atoms with van der Waals surface area (Å²) < 4.78 is 4.67. The van der Waals surface area contributed by atoms with E-state index >= 15 is 0 Å². The first-order valence-electron chi connectivity index (χ1n) is 6.03. The van der Waals surface area contributed by atoms with Crippen molar-refractivity contribution in [3.8, 4) is 0 Å². The third-order valence-corrected chi connectivity index (χ3v) is 3.61. The number of carbonyl (C=O) groups excluding carboxylic acids is 1. The average Bonchev–Trinajstić information content (AvgIpc) is 2.48. The van der Waals surface area contributed by atoms with Crippen molar-refractivity contribution in [3.05, 3.63) is 63.4 Å². The van der Waals surface area contributed by atoms with Crippen LogP contribution in [-0.2, 0) is 4.74 Å². The second kappa shape index (κ2) is 6.25. The molecule has 1 aromatic carbocycles. The fourth-order valence-corrected chi connectivity index (χ4v) is 2.34. The molecular weight excluding hydrogens is 297 g/mol. The molecule has 2 rings (SSSR count). The molecule has 2 aromatic rings. The van der Waals surface area contributed by atoms with Crippen LogP contribution in [0.3, 0.4) is 0 Å². The lowest BCUT2D eigenvalue weighted by Crippen LogP contribution is -2.03. The van der Waals surface area contributed by atoms with Crippen molar-refractivity contribution in [2.45, 2.75) is 12.8 Å². The third-order valence-electron chi connectivity index (χ3n) is 3.08. The molecule has 20 heavy (non-hydrogen) atoms. The lowest BCUT2D eigenvalue weighted by atomic mass is 9.96. The van der Waals surface area contributed by atoms with Crippen molar-refractivity contribution in [1.29, 1.82) is 0 Å². The van der Waals surface area contributed by atoms with Crippen LogP contribution in [0.4, 0.5) is 0 Å². The van der Waals surface area contributed by atoms with Crippen LogP contribution < -0.4 is 0 Å². The Labute approximate surface area is 127 Å². The van der Waals surface area contributed by atoms with Gasteiger partial charge in [0.05, 0.1) is 23.4 Å². The van der Waals surface area contributed by atoms with Gasteiger partial charge in [-0.1, -0.05) is 42.3 Å². The standard InChI is InChI=1S/C15H13Cl2NO2/c1-9(14-12(16)7-8-13(17)18-14)10-3-5-11(6-4-10)15(19)20-2/h3-9H,1-2H3. The molecular formula is C15H13Cl2NO2. The fraction of sp³-hybridized carbons (Fsp3) is 0.200. The highest BCUT2D eigenvalue weighted by Crippen LogP contribution is 2.29. The van der Waals surface area contributed by atoms with E-state index in [1.807, 2.05) is 19.1 Å². The van der Waals surface area contributed by atoms with E-state index < -0.39 is 0 Å². The van der Waals surface area contributed by atoms with Gasteiger partial charge in [0.1, 0.15) is 5.15 Å². The van der Waals surface area contributed by atoms with E-state index in [-0.39, 0.29) is 11.9 Å². The minimum absolute atomic E-state index is 0.0205. The molecule has 0 spiro atoms. The fourth-order valence-electron chi connectivity index (χ4n) is 1.92. The predicted octanol–water partition coefficient (Wildman–Crippen LogP) is 4.33. The van der Waals surface area contributed by atoms with Crippen LogP contribution in [0.5, 0.6) is 0 Å². The monoisotopic (exact) mass is 309 g/mol. The van der Waals surface area contributed by atoms with Gasteiger partial charge in [0, 0.05) is 5.92 Å². The number of hydrogen-bond donors (Lipinski definition) is 0. The number of methoxy groups -OCH3 is 1. The summed E-state index contributed by atoms with van der Waals surface area (Å²) in [6.45, 7) is 1.98. The maximum Gasteiger partial charge on any atom is 0.337 e. The summed E-state index contributed by atoms with van der Waals surface area (Å²) in [5, 5.41) is 0.973. The van der Waals surface area contributed by atoms with Crippen LogP contribution in [0.25, 0.3) is 0 Å². The predicted molar refractivity (Wildman–Crippen MR) is 79.6 cm³/mol. The van der Waals surface area contributed by atoms with Crippen LogP contribution in [0.2, 0.25) is 10.2 Å². The van der Waals surface area contributed by atoms with Gasteiger partial charge in [-0.2, -0.15) is 0 Å². The first kappa shape index (κ1) is 14.8. The molecule has 0 fully saturated rings. The summed E-state index contributed by atoms with van der Waals surface area (Å²) in [6.07, 6.45) is 0. The van der Waals surface area contributed by atoms with Crippen molar-refractivity contribution in [2.75, 3.05) is 7.11 Å². The Morgan fingerprint density at radius 3 is 2.40 bits per heavy atom. The van der Waals surface area contributed by atoms with Crippen LogP contribution in [0.1, 0.15) is 34.5 Å². The SMILES string of the molecule is COC(=O)c1ccc(C(C)c2nc(Cl)ccc2Cl)cc1. The van der Waals surface area contributed by atoms with E-state index in [1.54, 1.807) is 24.3 Å². The molecule has 5 heteroatoms. The molecule has 0 aliphatic heterocycles. The number of nitrogens with zero attached hydrogens (tertiary/aromatic N) is 1. The molecule has 0 saturated carbocycles. The number of hydrogen-bond acceptors (Lipinski definition) is 3. The number of pyridine rings is 1. The van der Waals surface area contributed by atoms with Gasteiger partial charge in [0.15, 0.2) is 0 Å². The zero-order valence-electron chi connectivity index (χ0n) is 11.1. The van der Waals surface area contributed by atoms with E-state index in [0.29, 0.717) is 21.4 Å². The van der Waals surface area contributed by atoms with Gasteiger partial charge in [-0.25, -0.2) is 9.78 Å². The van der Waals surface area contributed by atoms with Gasteiger partial charge in [-0.15, -0.1) is 0 Å². The molecule has 1 aromatic heterocycles. The van der Waals surface area contributed by atoms with Crippen LogP contribution in [-0.4, -0.2) is 18.1 Å². The number of benzene rings is 1. The molecule has 1 atom stereocenters. The third kappa shape index (κ3) is 3.11. The number of esters is 1. The Balaban J connectivity index is 2.31. The minimum atomic E-state index is -0.358. The maximum atomic E-state index is 11.4. The van der Waals surface area contributed by atoms with E-state index in [0.717, 1.165) is 5.56 Å². The normalized spacial score (nSPS) is 12.0. The van der Waals surface area contributed by atoms with Gasteiger partial charge < -0.3 is 4.74 Å². The van der Waals surface area contributed by atoms with E-state index in [2.05, 4.69) is 9.72 Å². The first-order chi connectivity index (χ1) is 9.52. The lowest BCUT2D eigenvalue weighted by molar-refractivity contribution is 0.0600. The molecule has 3 nitrogen and oxygen atoms in total. The van der Waals surface area contributed by atoms with Crippen LogP contribution >= 0.6 is 23.2 Å². The molecule has 0 saturated heterocycles. The summed E-state index contributed by atoms with van der Waals surface area (Å²) in [6, 6.07) is 10.5. The molecule has 0 amide bonds. The zero-order valence-corrected chi connectivity index (χ0v) is 12.6.